The molecular weight excluding hydrogens is 628 g/mol. The molecule has 15 heteroatoms. The molecular formula is C26H19ClN4O6S4. The van der Waals surface area contributed by atoms with Gasteiger partial charge in [-0.1, -0.05) is 40.8 Å². The Bertz CT molecular complexity index is 1850. The van der Waals surface area contributed by atoms with E-state index in [1.807, 2.05) is 17.5 Å². The molecule has 4 heterocycles. The Morgan fingerprint density at radius 1 is 1.00 bits per heavy atom. The Hall–Kier alpha value is -3.27. The maximum atomic E-state index is 13.8. The van der Waals surface area contributed by atoms with Crippen LogP contribution in [-0.4, -0.2) is 36.0 Å². The van der Waals surface area contributed by atoms with Gasteiger partial charge in [-0.2, -0.15) is 0 Å². The summed E-state index contributed by atoms with van der Waals surface area (Å²) in [7, 11) is -3.89. The second-order valence-corrected chi connectivity index (χ2v) is 14.4. The van der Waals surface area contributed by atoms with Gasteiger partial charge in [-0.25, -0.2) is 18.5 Å². The number of fused-ring (bicyclic) bond motifs is 2. The van der Waals surface area contributed by atoms with Crippen LogP contribution in [0, 0.1) is 5.92 Å². The van der Waals surface area contributed by atoms with Crippen LogP contribution in [0.4, 0.5) is 11.4 Å². The van der Waals surface area contributed by atoms with Crippen molar-refractivity contribution < 1.29 is 22.8 Å². The molecule has 0 unspecified atom stereocenters. The van der Waals surface area contributed by atoms with Crippen molar-refractivity contribution in [3.05, 3.63) is 90.5 Å². The third kappa shape index (κ3) is 5.04. The number of halogens is 1. The number of anilines is 2. The van der Waals surface area contributed by atoms with Gasteiger partial charge in [0.2, 0.25) is 27.7 Å². The van der Waals surface area contributed by atoms with Crippen LogP contribution in [0.25, 0.3) is 0 Å². The maximum Gasteiger partial charge on any atom is 0.308 e. The molecule has 3 N–H and O–H groups in total. The van der Waals surface area contributed by atoms with Gasteiger partial charge < -0.3 is 5.32 Å². The zero-order valence-electron chi connectivity index (χ0n) is 20.7. The van der Waals surface area contributed by atoms with E-state index >= 15 is 0 Å². The quantitative estimate of drug-likeness (QED) is 0.303. The van der Waals surface area contributed by atoms with E-state index in [9.17, 15) is 27.6 Å². The summed E-state index contributed by atoms with van der Waals surface area (Å²) in [5, 5.41) is 9.79. The Kier molecular flexibility index (Phi) is 7.16. The molecule has 1 saturated heterocycles. The lowest BCUT2D eigenvalue weighted by atomic mass is 9.87. The molecule has 0 bridgehead atoms. The zero-order valence-corrected chi connectivity index (χ0v) is 24.7. The van der Waals surface area contributed by atoms with Crippen molar-refractivity contribution in [3.63, 3.8) is 0 Å². The maximum absolute atomic E-state index is 13.8. The van der Waals surface area contributed by atoms with E-state index in [1.54, 1.807) is 24.3 Å². The number of thiophene rings is 1. The topological polar surface area (TPSA) is 149 Å². The van der Waals surface area contributed by atoms with E-state index in [1.165, 1.54) is 45.1 Å². The highest BCUT2D eigenvalue weighted by atomic mass is 35.5. The first-order valence-electron chi connectivity index (χ1n) is 12.0. The minimum absolute atomic E-state index is 0.104. The third-order valence-electron chi connectivity index (χ3n) is 6.75. The van der Waals surface area contributed by atoms with Crippen molar-refractivity contribution in [1.29, 1.82) is 0 Å². The largest absolute Gasteiger partial charge is 0.325 e. The third-order valence-corrected chi connectivity index (χ3v) is 11.5. The fourth-order valence-corrected chi connectivity index (χ4v) is 9.31. The number of aromatic nitrogens is 1. The summed E-state index contributed by atoms with van der Waals surface area (Å²) in [5.74, 6) is -2.54. The average molecular weight is 647 g/mol. The molecule has 4 aromatic rings. The van der Waals surface area contributed by atoms with E-state index in [0.29, 0.717) is 26.3 Å². The van der Waals surface area contributed by atoms with Gasteiger partial charge in [0, 0.05) is 26.4 Å². The molecule has 2 aromatic carbocycles. The minimum atomic E-state index is -3.89. The van der Waals surface area contributed by atoms with Crippen LogP contribution in [0.5, 0.6) is 0 Å². The number of rotatable bonds is 6. The van der Waals surface area contributed by atoms with Crippen molar-refractivity contribution in [1.82, 2.24) is 4.57 Å². The molecule has 3 atom stereocenters. The first kappa shape index (κ1) is 27.9. The number of sulfonamides is 1. The number of primary sulfonamides is 1. The highest BCUT2D eigenvalue weighted by Crippen LogP contribution is 2.54. The first-order valence-corrected chi connectivity index (χ1v) is 16.5. The normalized spacial score (nSPS) is 20.1. The van der Waals surface area contributed by atoms with Gasteiger partial charge in [0.15, 0.2) is 0 Å². The second-order valence-electron chi connectivity index (χ2n) is 9.29. The Morgan fingerprint density at radius 2 is 1.71 bits per heavy atom. The van der Waals surface area contributed by atoms with Crippen LogP contribution in [0.15, 0.2) is 80.8 Å². The number of thiazole rings is 1. The lowest BCUT2D eigenvalue weighted by Gasteiger charge is -2.29. The van der Waals surface area contributed by atoms with E-state index < -0.39 is 43.8 Å². The number of imide groups is 1. The molecule has 0 saturated carbocycles. The average Bonchev–Trinajstić information content (AvgIpc) is 3.62. The number of carbonyl (C=O) groups is 3. The van der Waals surface area contributed by atoms with Gasteiger partial charge in [0.1, 0.15) is 11.8 Å². The van der Waals surface area contributed by atoms with E-state index in [-0.39, 0.29) is 17.3 Å². The monoisotopic (exact) mass is 646 g/mol. The number of nitrogens with zero attached hydrogens (tertiary/aromatic N) is 2. The number of carbonyl (C=O) groups excluding carboxylic acids is 3. The number of hydrogen-bond donors (Lipinski definition) is 2. The molecule has 2 aliphatic heterocycles. The smallest absolute Gasteiger partial charge is 0.308 e. The molecule has 0 spiro atoms. The van der Waals surface area contributed by atoms with E-state index in [2.05, 4.69) is 5.32 Å². The van der Waals surface area contributed by atoms with Crippen molar-refractivity contribution in [2.75, 3.05) is 10.2 Å². The molecule has 2 aliphatic rings. The molecule has 3 amide bonds. The number of benzene rings is 2. The van der Waals surface area contributed by atoms with Gasteiger partial charge in [-0.15, -0.1) is 11.3 Å². The van der Waals surface area contributed by atoms with Crippen molar-refractivity contribution in [2.24, 2.45) is 11.1 Å². The molecule has 6 rings (SSSR count). The predicted octanol–water partition coefficient (Wildman–Crippen LogP) is 3.71. The highest BCUT2D eigenvalue weighted by Gasteiger charge is 2.57. The summed E-state index contributed by atoms with van der Waals surface area (Å²) >= 11 is 9.53. The van der Waals surface area contributed by atoms with Gasteiger partial charge >= 0.3 is 4.87 Å². The lowest BCUT2D eigenvalue weighted by Crippen LogP contribution is -2.32. The molecule has 0 aliphatic carbocycles. The number of nitrogens with one attached hydrogen (secondary N) is 1. The first-order chi connectivity index (χ1) is 19.5. The van der Waals surface area contributed by atoms with Crippen LogP contribution in [-0.2, 0) is 31.0 Å². The Labute approximate surface area is 250 Å². The van der Waals surface area contributed by atoms with E-state index in [0.717, 1.165) is 28.0 Å². The van der Waals surface area contributed by atoms with Gasteiger partial charge in [-0.3, -0.25) is 23.7 Å². The predicted molar refractivity (Wildman–Crippen MR) is 158 cm³/mol. The van der Waals surface area contributed by atoms with Crippen LogP contribution in [0.3, 0.4) is 0 Å². The van der Waals surface area contributed by atoms with Crippen LogP contribution < -0.4 is 20.2 Å². The van der Waals surface area contributed by atoms with Gasteiger partial charge in [0.25, 0.3) is 0 Å². The number of thioether (sulfide) groups is 1. The molecule has 210 valence electrons. The summed E-state index contributed by atoms with van der Waals surface area (Å²) < 4.78 is 24.3. The van der Waals surface area contributed by atoms with Gasteiger partial charge in [0.05, 0.1) is 21.5 Å². The lowest BCUT2D eigenvalue weighted by molar-refractivity contribution is -0.122. The summed E-state index contributed by atoms with van der Waals surface area (Å²) in [6.45, 7) is -0.341. The van der Waals surface area contributed by atoms with Gasteiger partial charge in [-0.05, 0) is 60.0 Å². The standard InChI is InChI=1S/C26H19ClN4O6S4/c27-13-3-7-15(8-4-13)31-23(33)20-19(17-2-1-11-38-17)22-25(39-21(20)24(31)34)30(26(35)40-22)12-18(32)29-14-5-9-16(10-6-14)41(28,36)37/h1-11,19-21H,12H2,(H,29,32)(H2,28,36,37)/t19-,20-,21+/m0/s1. The highest BCUT2D eigenvalue weighted by molar-refractivity contribution is 8.00. The summed E-state index contributed by atoms with van der Waals surface area (Å²) in [4.78, 5) is 55.8. The second kappa shape index (κ2) is 10.5. The van der Waals surface area contributed by atoms with Crippen molar-refractivity contribution >= 4 is 85.2 Å². The molecule has 41 heavy (non-hydrogen) atoms. The SMILES string of the molecule is NS(=O)(=O)c1ccc(NC(=O)Cn2c3c(sc2=O)[C@@H](c2cccs2)[C@@H]2C(=O)N(c4ccc(Cl)cc4)C(=O)[C@@H]2S3)cc1. The molecule has 0 radical (unpaired) electrons. The zero-order chi connectivity index (χ0) is 29.1. The number of amides is 3. The van der Waals surface area contributed by atoms with Crippen LogP contribution >= 0.6 is 46.0 Å². The fraction of sp³-hybridized carbons (Fsp3) is 0.154. The number of nitrogens with two attached hydrogens (primary N) is 1. The van der Waals surface area contributed by atoms with Crippen LogP contribution in [0.1, 0.15) is 15.7 Å². The fourth-order valence-electron chi connectivity index (χ4n) is 4.95. The van der Waals surface area contributed by atoms with E-state index in [4.69, 9.17) is 16.7 Å². The van der Waals surface area contributed by atoms with Crippen molar-refractivity contribution in [2.45, 2.75) is 27.6 Å². The van der Waals surface area contributed by atoms with Crippen molar-refractivity contribution in [3.8, 4) is 0 Å². The Morgan fingerprint density at radius 3 is 2.34 bits per heavy atom. The number of hydrogen-bond acceptors (Lipinski definition) is 9. The summed E-state index contributed by atoms with van der Waals surface area (Å²) in [5.41, 5.74) is 0.733. The summed E-state index contributed by atoms with van der Waals surface area (Å²) in [6, 6.07) is 15.5. The molecule has 1 fully saturated rings. The Balaban J connectivity index is 1.33. The van der Waals surface area contributed by atoms with Crippen LogP contribution in [0.2, 0.25) is 5.02 Å². The summed E-state index contributed by atoms with van der Waals surface area (Å²) in [6.07, 6.45) is 0. The molecule has 10 nitrogen and oxygen atoms in total. The molecule has 2 aromatic heterocycles. The minimum Gasteiger partial charge on any atom is -0.325 e.